The second-order valence-electron chi connectivity index (χ2n) is 5.54. The van der Waals surface area contributed by atoms with Crippen molar-refractivity contribution in [2.75, 3.05) is 23.3 Å². The lowest BCUT2D eigenvalue weighted by molar-refractivity contribution is -0.115. The molecule has 114 valence electrons. The summed E-state index contributed by atoms with van der Waals surface area (Å²) in [6, 6.07) is 13.4. The molecule has 2 heterocycles. The maximum Gasteiger partial charge on any atom is 0.229 e. The molecule has 1 aromatic heterocycles. The Labute approximate surface area is 130 Å². The van der Waals surface area contributed by atoms with Crippen molar-refractivity contribution in [1.29, 1.82) is 0 Å². The number of hydrogen-bond acceptors (Lipinski definition) is 4. The average Bonchev–Trinajstić information content (AvgIpc) is 2.57. The number of carbonyl (C=O) groups excluding carboxylic acids is 1. The van der Waals surface area contributed by atoms with E-state index in [0.717, 1.165) is 24.5 Å². The minimum absolute atomic E-state index is 0.0776. The van der Waals surface area contributed by atoms with Crippen LogP contribution in [0.1, 0.15) is 24.8 Å². The smallest absolute Gasteiger partial charge is 0.229 e. The predicted molar refractivity (Wildman–Crippen MR) is 86.9 cm³/mol. The van der Waals surface area contributed by atoms with E-state index < -0.39 is 0 Å². The quantitative estimate of drug-likeness (QED) is 0.942. The van der Waals surface area contributed by atoms with Crippen molar-refractivity contribution in [3.63, 3.8) is 0 Å². The number of rotatable bonds is 4. The molecule has 0 saturated carbocycles. The Morgan fingerprint density at radius 2 is 1.77 bits per heavy atom. The van der Waals surface area contributed by atoms with Crippen LogP contribution in [0.25, 0.3) is 0 Å². The monoisotopic (exact) mass is 296 g/mol. The maximum absolute atomic E-state index is 12.0. The second-order valence-corrected chi connectivity index (χ2v) is 5.54. The summed E-state index contributed by atoms with van der Waals surface area (Å²) in [6.45, 7) is 2.07. The Bertz CT molecular complexity index is 606. The summed E-state index contributed by atoms with van der Waals surface area (Å²) in [7, 11) is 0. The Morgan fingerprint density at radius 1 is 1.00 bits per heavy atom. The summed E-state index contributed by atoms with van der Waals surface area (Å²) in [5, 5.41) is 11.1. The van der Waals surface area contributed by atoms with E-state index in [-0.39, 0.29) is 5.91 Å². The normalized spacial score (nSPS) is 14.6. The number of amides is 1. The van der Waals surface area contributed by atoms with Gasteiger partial charge >= 0.3 is 0 Å². The zero-order chi connectivity index (χ0) is 15.2. The summed E-state index contributed by atoms with van der Waals surface area (Å²) in [5.41, 5.74) is 0.984. The highest BCUT2D eigenvalue weighted by Gasteiger charge is 2.12. The topological polar surface area (TPSA) is 58.1 Å². The van der Waals surface area contributed by atoms with Gasteiger partial charge in [0, 0.05) is 13.1 Å². The van der Waals surface area contributed by atoms with Gasteiger partial charge in [-0.25, -0.2) is 0 Å². The fraction of sp³-hybridized carbons (Fsp3) is 0.353. The summed E-state index contributed by atoms with van der Waals surface area (Å²) >= 11 is 0. The van der Waals surface area contributed by atoms with Gasteiger partial charge in [-0.05, 0) is 37.0 Å². The van der Waals surface area contributed by atoms with Gasteiger partial charge in [0.25, 0.3) is 0 Å². The van der Waals surface area contributed by atoms with Gasteiger partial charge < -0.3 is 10.2 Å². The maximum atomic E-state index is 12.0. The number of hydrogen-bond donors (Lipinski definition) is 1. The molecule has 0 spiro atoms. The lowest BCUT2D eigenvalue weighted by atomic mass is 10.1. The van der Waals surface area contributed by atoms with E-state index in [4.69, 9.17) is 0 Å². The Hall–Kier alpha value is -2.43. The zero-order valence-corrected chi connectivity index (χ0v) is 12.5. The lowest BCUT2D eigenvalue weighted by Crippen LogP contribution is -2.30. The van der Waals surface area contributed by atoms with Crippen LogP contribution in [-0.2, 0) is 11.2 Å². The third-order valence-electron chi connectivity index (χ3n) is 3.81. The van der Waals surface area contributed by atoms with Crippen LogP contribution in [-0.4, -0.2) is 29.2 Å². The van der Waals surface area contributed by atoms with Crippen LogP contribution in [0.15, 0.2) is 42.5 Å². The lowest BCUT2D eigenvalue weighted by Gasteiger charge is -2.27. The number of nitrogens with one attached hydrogen (secondary N) is 1. The highest BCUT2D eigenvalue weighted by molar-refractivity contribution is 5.91. The molecular weight excluding hydrogens is 276 g/mol. The number of aromatic nitrogens is 2. The first-order valence-electron chi connectivity index (χ1n) is 7.74. The molecule has 0 atom stereocenters. The van der Waals surface area contributed by atoms with Gasteiger partial charge in [0.2, 0.25) is 5.91 Å². The highest BCUT2D eigenvalue weighted by atomic mass is 16.1. The van der Waals surface area contributed by atoms with Crippen LogP contribution >= 0.6 is 0 Å². The number of benzene rings is 1. The van der Waals surface area contributed by atoms with Crippen molar-refractivity contribution in [3.05, 3.63) is 48.0 Å². The fourth-order valence-electron chi connectivity index (χ4n) is 2.65. The standard InChI is InChI=1S/C17H20N4O/c22-17(13-14-7-3-1-4-8-14)18-15-9-10-16(20-19-15)21-11-5-2-6-12-21/h1,3-4,7-10H,2,5-6,11-13H2,(H,18,19,22). The van der Waals surface area contributed by atoms with E-state index in [1.54, 1.807) is 0 Å². The zero-order valence-electron chi connectivity index (χ0n) is 12.5. The van der Waals surface area contributed by atoms with Crippen LogP contribution in [0.5, 0.6) is 0 Å². The molecule has 0 bridgehead atoms. The third kappa shape index (κ3) is 3.81. The van der Waals surface area contributed by atoms with E-state index in [9.17, 15) is 4.79 Å². The Balaban J connectivity index is 1.57. The molecule has 1 amide bonds. The summed E-state index contributed by atoms with van der Waals surface area (Å²) in [5.74, 6) is 1.31. The highest BCUT2D eigenvalue weighted by Crippen LogP contribution is 2.17. The molecule has 1 N–H and O–H groups in total. The first-order valence-corrected chi connectivity index (χ1v) is 7.74. The summed E-state index contributed by atoms with van der Waals surface area (Å²) < 4.78 is 0. The van der Waals surface area contributed by atoms with Gasteiger partial charge in [-0.15, -0.1) is 10.2 Å². The van der Waals surface area contributed by atoms with Crippen LogP contribution in [0.3, 0.4) is 0 Å². The van der Waals surface area contributed by atoms with Crippen LogP contribution in [0.2, 0.25) is 0 Å². The van der Waals surface area contributed by atoms with Crippen molar-refractivity contribution in [2.24, 2.45) is 0 Å². The van der Waals surface area contributed by atoms with Crippen LogP contribution < -0.4 is 10.2 Å². The van der Waals surface area contributed by atoms with E-state index in [1.807, 2.05) is 42.5 Å². The second kappa shape index (κ2) is 7.02. The van der Waals surface area contributed by atoms with Crippen molar-refractivity contribution in [3.8, 4) is 0 Å². The Kier molecular flexibility index (Phi) is 4.63. The first-order chi connectivity index (χ1) is 10.8. The molecule has 1 aromatic carbocycles. The summed E-state index contributed by atoms with van der Waals surface area (Å²) in [6.07, 6.45) is 4.04. The largest absolute Gasteiger partial charge is 0.355 e. The molecule has 22 heavy (non-hydrogen) atoms. The predicted octanol–water partition coefficient (Wildman–Crippen LogP) is 2.65. The van der Waals surface area contributed by atoms with Crippen molar-refractivity contribution in [1.82, 2.24) is 10.2 Å². The third-order valence-corrected chi connectivity index (χ3v) is 3.81. The molecule has 1 aliphatic rings. The molecule has 1 aliphatic heterocycles. The summed E-state index contributed by atoms with van der Waals surface area (Å²) in [4.78, 5) is 14.2. The molecule has 5 heteroatoms. The SMILES string of the molecule is O=C(Cc1ccccc1)Nc1ccc(N2CCCCC2)nn1. The first kappa shape index (κ1) is 14.5. The van der Waals surface area contributed by atoms with Gasteiger partial charge in [-0.2, -0.15) is 0 Å². The fourth-order valence-corrected chi connectivity index (χ4v) is 2.65. The number of piperidine rings is 1. The molecule has 5 nitrogen and oxygen atoms in total. The van der Waals surface area contributed by atoms with Crippen LogP contribution in [0, 0.1) is 0 Å². The molecule has 1 saturated heterocycles. The van der Waals surface area contributed by atoms with Gasteiger partial charge in [-0.1, -0.05) is 30.3 Å². The number of carbonyl (C=O) groups is 1. The van der Waals surface area contributed by atoms with Gasteiger partial charge in [-0.3, -0.25) is 4.79 Å². The molecule has 2 aromatic rings. The molecule has 1 fully saturated rings. The number of nitrogens with zero attached hydrogens (tertiary/aromatic N) is 3. The minimum Gasteiger partial charge on any atom is -0.355 e. The van der Waals surface area contributed by atoms with Gasteiger partial charge in [0.15, 0.2) is 11.6 Å². The van der Waals surface area contributed by atoms with Gasteiger partial charge in [0.1, 0.15) is 0 Å². The molecule has 0 unspecified atom stereocenters. The average molecular weight is 296 g/mol. The molecule has 0 radical (unpaired) electrons. The van der Waals surface area contributed by atoms with Crippen molar-refractivity contribution >= 4 is 17.5 Å². The molecule has 3 rings (SSSR count). The Morgan fingerprint density at radius 3 is 2.45 bits per heavy atom. The molecule has 0 aliphatic carbocycles. The molecular formula is C17H20N4O. The van der Waals surface area contributed by atoms with E-state index in [1.165, 1.54) is 19.3 Å². The van der Waals surface area contributed by atoms with Crippen molar-refractivity contribution in [2.45, 2.75) is 25.7 Å². The van der Waals surface area contributed by atoms with E-state index >= 15 is 0 Å². The number of anilines is 2. The van der Waals surface area contributed by atoms with Crippen molar-refractivity contribution < 1.29 is 4.79 Å². The van der Waals surface area contributed by atoms with E-state index in [0.29, 0.717) is 12.2 Å². The van der Waals surface area contributed by atoms with E-state index in [2.05, 4.69) is 20.4 Å². The van der Waals surface area contributed by atoms with Gasteiger partial charge in [0.05, 0.1) is 6.42 Å². The van der Waals surface area contributed by atoms with Crippen LogP contribution in [0.4, 0.5) is 11.6 Å². The minimum atomic E-state index is -0.0776.